The maximum atomic E-state index is 13.5. The lowest BCUT2D eigenvalue weighted by molar-refractivity contribution is -0.173. The lowest BCUT2D eigenvalue weighted by Gasteiger charge is -2.39. The lowest BCUT2D eigenvalue weighted by Crippen LogP contribution is -2.45. The molecule has 2 aliphatic rings. The Balaban J connectivity index is 1.90. The zero-order chi connectivity index (χ0) is 25.1. The average molecular weight is 484 g/mol. The fourth-order valence-corrected chi connectivity index (χ4v) is 4.07. The third-order valence-electron chi connectivity index (χ3n) is 5.71. The number of benzene rings is 2. The molecule has 0 unspecified atom stereocenters. The number of carbonyl (C=O) groups excluding carboxylic acids is 2. The summed E-state index contributed by atoms with van der Waals surface area (Å²) in [5, 5.41) is 1.75. The minimum Gasteiger partial charge on any atom is -0.483 e. The third kappa shape index (κ3) is 4.10. The second kappa shape index (κ2) is 7.78. The molecule has 0 saturated heterocycles. The molecule has 1 N–H and O–H groups in total. The van der Waals surface area contributed by atoms with Gasteiger partial charge in [0.2, 0.25) is 0 Å². The largest absolute Gasteiger partial charge is 0.483 e. The van der Waals surface area contributed by atoms with Gasteiger partial charge in [0.15, 0.2) is 0 Å². The van der Waals surface area contributed by atoms with E-state index >= 15 is 0 Å². The molecule has 2 aromatic rings. The Bertz CT molecular complexity index is 1210. The summed E-state index contributed by atoms with van der Waals surface area (Å²) in [6.45, 7) is 2.29. The first-order valence-corrected chi connectivity index (χ1v) is 10.1. The molecule has 5 nitrogen and oxygen atoms in total. The topological polar surface area (TPSA) is 58.6 Å². The molecule has 0 aliphatic carbocycles. The third-order valence-corrected chi connectivity index (χ3v) is 5.71. The predicted octanol–water partition coefficient (Wildman–Crippen LogP) is 4.92. The fourth-order valence-electron chi connectivity index (χ4n) is 4.07. The van der Waals surface area contributed by atoms with Gasteiger partial charge in [-0.2, -0.15) is 26.3 Å². The van der Waals surface area contributed by atoms with Crippen LogP contribution in [0.5, 0.6) is 5.75 Å². The monoisotopic (exact) mass is 484 g/mol. The number of amides is 2. The number of rotatable bonds is 3. The molecule has 4 rings (SSSR count). The molecule has 0 aromatic heterocycles. The molecule has 0 spiro atoms. The Morgan fingerprint density at radius 2 is 1.74 bits per heavy atom. The molecule has 34 heavy (non-hydrogen) atoms. The van der Waals surface area contributed by atoms with Crippen LogP contribution in [0.2, 0.25) is 0 Å². The van der Waals surface area contributed by atoms with Gasteiger partial charge in [-0.25, -0.2) is 0 Å². The fraction of sp³-hybridized carbons (Fsp3) is 0.304. The van der Waals surface area contributed by atoms with Gasteiger partial charge in [-0.3, -0.25) is 9.59 Å². The summed E-state index contributed by atoms with van der Waals surface area (Å²) in [7, 11) is 0. The number of ether oxygens (including phenoxy) is 1. The highest BCUT2D eigenvalue weighted by Gasteiger charge is 2.44. The van der Waals surface area contributed by atoms with Crippen molar-refractivity contribution in [3.8, 4) is 5.75 Å². The molecule has 2 amide bonds. The van der Waals surface area contributed by atoms with Crippen molar-refractivity contribution in [2.45, 2.75) is 38.3 Å². The van der Waals surface area contributed by atoms with Crippen LogP contribution in [-0.2, 0) is 17.5 Å². The molecule has 180 valence electrons. The van der Waals surface area contributed by atoms with Crippen molar-refractivity contribution in [2.75, 3.05) is 6.54 Å². The standard InChI is InChI=1S/C23H18F6N2O3/c1-21(2)16(10-30-20(33)23(27,28)29)18(31-11-12-5-3-4-6-14(12)19(31)32)15-9-13(22(24,25)26)7-8-17(15)34-21/h3-9H,10-11H2,1-2H3,(H,30,33). The summed E-state index contributed by atoms with van der Waals surface area (Å²) < 4.78 is 84.7. The first-order chi connectivity index (χ1) is 15.7. The van der Waals surface area contributed by atoms with E-state index in [0.29, 0.717) is 11.1 Å². The van der Waals surface area contributed by atoms with Gasteiger partial charge in [-0.1, -0.05) is 18.2 Å². The van der Waals surface area contributed by atoms with Gasteiger partial charge < -0.3 is 15.0 Å². The highest BCUT2D eigenvalue weighted by atomic mass is 19.4. The number of alkyl halides is 6. The predicted molar refractivity (Wildman–Crippen MR) is 108 cm³/mol. The molecule has 2 aliphatic heterocycles. The zero-order valence-electron chi connectivity index (χ0n) is 17.9. The normalized spacial score (nSPS) is 17.3. The molecule has 2 heterocycles. The van der Waals surface area contributed by atoms with E-state index < -0.39 is 41.9 Å². The van der Waals surface area contributed by atoms with Crippen LogP contribution in [0.15, 0.2) is 48.0 Å². The van der Waals surface area contributed by atoms with E-state index in [0.717, 1.165) is 18.2 Å². The summed E-state index contributed by atoms with van der Waals surface area (Å²) in [5.41, 5.74) is -1.54. The van der Waals surface area contributed by atoms with Crippen molar-refractivity contribution in [3.63, 3.8) is 0 Å². The van der Waals surface area contributed by atoms with Gasteiger partial charge in [0.1, 0.15) is 11.4 Å². The van der Waals surface area contributed by atoms with Crippen LogP contribution in [0.25, 0.3) is 5.70 Å². The first kappa shape index (κ1) is 23.7. The van der Waals surface area contributed by atoms with Gasteiger partial charge in [-0.15, -0.1) is 0 Å². The second-order valence-electron chi connectivity index (χ2n) is 8.38. The van der Waals surface area contributed by atoms with Crippen molar-refractivity contribution < 1.29 is 40.7 Å². The quantitative estimate of drug-likeness (QED) is 0.630. The lowest BCUT2D eigenvalue weighted by atomic mass is 9.88. The molecule has 0 bridgehead atoms. The van der Waals surface area contributed by atoms with Gasteiger partial charge in [-0.05, 0) is 43.7 Å². The van der Waals surface area contributed by atoms with Crippen LogP contribution in [0.1, 0.15) is 40.9 Å². The maximum Gasteiger partial charge on any atom is 0.471 e. The van der Waals surface area contributed by atoms with Crippen molar-refractivity contribution in [3.05, 3.63) is 70.3 Å². The van der Waals surface area contributed by atoms with Crippen molar-refractivity contribution in [1.82, 2.24) is 10.2 Å². The Kier molecular flexibility index (Phi) is 5.41. The summed E-state index contributed by atoms with van der Waals surface area (Å²) in [5.74, 6) is -2.71. The number of hydrogen-bond donors (Lipinski definition) is 1. The molecule has 0 radical (unpaired) electrons. The molecule has 0 fully saturated rings. The number of nitrogens with one attached hydrogen (secondary N) is 1. The Hall–Kier alpha value is -3.50. The minimum atomic E-state index is -5.17. The van der Waals surface area contributed by atoms with Crippen LogP contribution < -0.4 is 10.1 Å². The van der Waals surface area contributed by atoms with E-state index in [4.69, 9.17) is 4.74 Å². The van der Waals surface area contributed by atoms with Crippen LogP contribution in [-0.4, -0.2) is 35.0 Å². The summed E-state index contributed by atoms with van der Waals surface area (Å²) in [6.07, 6.45) is -9.88. The molecular weight excluding hydrogens is 466 g/mol. The number of halogens is 6. The molecule has 0 atom stereocenters. The van der Waals surface area contributed by atoms with Crippen molar-refractivity contribution in [2.24, 2.45) is 0 Å². The molecule has 0 saturated carbocycles. The average Bonchev–Trinajstić information content (AvgIpc) is 3.05. The molecule has 2 aromatic carbocycles. The Morgan fingerprint density at radius 1 is 1.06 bits per heavy atom. The highest BCUT2D eigenvalue weighted by Crippen LogP contribution is 2.46. The van der Waals surface area contributed by atoms with Crippen molar-refractivity contribution in [1.29, 1.82) is 0 Å². The molecule has 11 heteroatoms. The van der Waals surface area contributed by atoms with Gasteiger partial charge in [0, 0.05) is 23.2 Å². The van der Waals surface area contributed by atoms with Crippen LogP contribution in [0.4, 0.5) is 26.3 Å². The van der Waals surface area contributed by atoms with Crippen LogP contribution in [0.3, 0.4) is 0 Å². The Labute approximate surface area is 190 Å². The van der Waals surface area contributed by atoms with Gasteiger partial charge in [0.05, 0.1) is 17.8 Å². The smallest absolute Gasteiger partial charge is 0.471 e. The summed E-state index contributed by atoms with van der Waals surface area (Å²) in [6, 6.07) is 9.28. The maximum absolute atomic E-state index is 13.5. The molecular formula is C23H18F6N2O3. The van der Waals surface area contributed by atoms with Crippen LogP contribution in [0, 0.1) is 0 Å². The highest BCUT2D eigenvalue weighted by molar-refractivity contribution is 6.04. The first-order valence-electron chi connectivity index (χ1n) is 10.1. The SMILES string of the molecule is CC1(C)Oc2ccc(C(F)(F)F)cc2C(N2Cc3ccccc3C2=O)=C1CNC(=O)C(F)(F)F. The zero-order valence-corrected chi connectivity index (χ0v) is 17.9. The van der Waals surface area contributed by atoms with Crippen LogP contribution >= 0.6 is 0 Å². The number of nitrogens with zero attached hydrogens (tertiary/aromatic N) is 1. The minimum absolute atomic E-state index is 0.00712. The number of hydrogen-bond acceptors (Lipinski definition) is 3. The van der Waals surface area contributed by atoms with E-state index in [1.54, 1.807) is 29.6 Å². The second-order valence-corrected chi connectivity index (χ2v) is 8.38. The van der Waals surface area contributed by atoms with E-state index in [1.165, 1.54) is 18.7 Å². The number of fused-ring (bicyclic) bond motifs is 2. The summed E-state index contributed by atoms with van der Waals surface area (Å²) >= 11 is 0. The Morgan fingerprint density at radius 3 is 2.35 bits per heavy atom. The van der Waals surface area contributed by atoms with Gasteiger partial charge in [0.25, 0.3) is 5.91 Å². The van der Waals surface area contributed by atoms with Crippen molar-refractivity contribution >= 4 is 17.5 Å². The van der Waals surface area contributed by atoms with Gasteiger partial charge >= 0.3 is 18.3 Å². The van der Waals surface area contributed by atoms with E-state index in [1.807, 2.05) is 0 Å². The summed E-state index contributed by atoms with van der Waals surface area (Å²) in [4.78, 5) is 25.9. The van der Waals surface area contributed by atoms with E-state index in [-0.39, 0.29) is 29.1 Å². The van der Waals surface area contributed by atoms with E-state index in [2.05, 4.69) is 0 Å². The van der Waals surface area contributed by atoms with E-state index in [9.17, 15) is 35.9 Å². The number of carbonyl (C=O) groups is 2.